The summed E-state index contributed by atoms with van der Waals surface area (Å²) in [7, 11) is 0. The van der Waals surface area contributed by atoms with Crippen LogP contribution in [0, 0.1) is 82.9 Å². The van der Waals surface area contributed by atoms with Crippen LogP contribution in [0.2, 0.25) is 0 Å². The van der Waals surface area contributed by atoms with Gasteiger partial charge in [0.15, 0.2) is 0 Å². The Labute approximate surface area is 435 Å². The maximum atomic E-state index is 12.2. The van der Waals surface area contributed by atoms with E-state index in [9.17, 15) is 4.79 Å². The lowest BCUT2D eigenvalue weighted by Gasteiger charge is -2.43. The van der Waals surface area contributed by atoms with Gasteiger partial charge in [-0.25, -0.2) is 0 Å². The number of carbonyl (C=O) groups excluding carboxylic acids is 1. The summed E-state index contributed by atoms with van der Waals surface area (Å²) in [6.07, 6.45) is 70.5. The molecule has 400 valence electrons. The Morgan fingerprint density at radius 1 is 0.406 bits per heavy atom. The Kier molecular flexibility index (Phi) is 26.4. The van der Waals surface area contributed by atoms with Crippen LogP contribution in [0.4, 0.5) is 0 Å². The maximum absolute atomic E-state index is 12.2. The van der Waals surface area contributed by atoms with Crippen molar-refractivity contribution in [2.24, 2.45) is 82.9 Å². The van der Waals surface area contributed by atoms with Crippen LogP contribution in [0.5, 0.6) is 0 Å². The highest BCUT2D eigenvalue weighted by molar-refractivity contribution is 6.27. The molecule has 0 radical (unpaired) electrons. The topological polar surface area (TPSA) is 29.1 Å². The summed E-state index contributed by atoms with van der Waals surface area (Å²) in [5, 5.41) is 3.28. The van der Waals surface area contributed by atoms with Gasteiger partial charge in [0.25, 0.3) is 0 Å². The number of rotatable bonds is 13. The van der Waals surface area contributed by atoms with E-state index < -0.39 is 0 Å². The van der Waals surface area contributed by atoms with Crippen LogP contribution in [0.15, 0.2) is 0 Å². The molecule has 0 aromatic carbocycles. The van der Waals surface area contributed by atoms with Gasteiger partial charge in [0, 0.05) is 6.04 Å². The van der Waals surface area contributed by atoms with Crippen molar-refractivity contribution in [2.75, 3.05) is 5.88 Å². The minimum atomic E-state index is 0.0335. The van der Waals surface area contributed by atoms with Crippen molar-refractivity contribution in [3.05, 3.63) is 0 Å². The molecule has 2 nitrogen and oxygen atoms in total. The molecule has 0 aliphatic heterocycles. The van der Waals surface area contributed by atoms with E-state index in [2.05, 4.69) is 19.2 Å². The molecule has 69 heavy (non-hydrogen) atoms. The maximum Gasteiger partial charge on any atom is 0.235 e. The molecule has 0 bridgehead atoms. The number of fused-ring (bicyclic) bond motifs is 5. The number of nitrogens with one attached hydrogen (secondary N) is 1. The van der Waals surface area contributed by atoms with Crippen LogP contribution in [0.3, 0.4) is 0 Å². The number of carbonyl (C=O) groups is 1. The number of amides is 1. The molecule has 7 aliphatic carbocycles. The molecule has 0 aromatic rings. The van der Waals surface area contributed by atoms with Crippen molar-refractivity contribution >= 4 is 17.5 Å². The number of hydrogen-bond acceptors (Lipinski definition) is 1. The smallest absolute Gasteiger partial charge is 0.235 e. The van der Waals surface area contributed by atoms with E-state index in [4.69, 9.17) is 11.6 Å². The van der Waals surface area contributed by atoms with E-state index in [1.54, 1.807) is 135 Å². The molecule has 15 unspecified atom stereocenters. The summed E-state index contributed by atoms with van der Waals surface area (Å²) in [5.41, 5.74) is 0. The van der Waals surface area contributed by atoms with Crippen molar-refractivity contribution in [2.45, 2.75) is 322 Å². The van der Waals surface area contributed by atoms with Crippen molar-refractivity contribution in [1.82, 2.24) is 5.32 Å². The fraction of sp³-hybridized carbons (Fsp3) is 0.985. The molecule has 1 amide bonds. The van der Waals surface area contributed by atoms with Crippen LogP contribution in [0.25, 0.3) is 0 Å². The van der Waals surface area contributed by atoms with Gasteiger partial charge in [-0.15, -0.1) is 11.6 Å². The minimum absolute atomic E-state index is 0.0335. The fourth-order valence-corrected chi connectivity index (χ4v) is 18.7. The lowest BCUT2D eigenvalue weighted by molar-refractivity contribution is -0.119. The Bertz CT molecular complexity index is 1350. The van der Waals surface area contributed by atoms with Crippen molar-refractivity contribution < 1.29 is 4.79 Å². The molecule has 3 heteroatoms. The zero-order chi connectivity index (χ0) is 47.9. The molecular weight excluding hydrogens is 858 g/mol. The second-order valence-corrected chi connectivity index (χ2v) is 27.4. The number of alkyl halides is 1. The molecule has 0 heterocycles. The molecule has 7 rings (SSSR count). The largest absolute Gasteiger partial charge is 0.352 e. The third-order valence-electron chi connectivity index (χ3n) is 22.6. The fourth-order valence-electron chi connectivity index (χ4n) is 18.6. The second-order valence-electron chi connectivity index (χ2n) is 27.1. The van der Waals surface area contributed by atoms with Gasteiger partial charge >= 0.3 is 0 Å². The van der Waals surface area contributed by atoms with Gasteiger partial charge in [0.2, 0.25) is 5.91 Å². The zero-order valence-corrected chi connectivity index (χ0v) is 47.1. The predicted molar refractivity (Wildman–Crippen MR) is 300 cm³/mol. The van der Waals surface area contributed by atoms with E-state index in [1.807, 2.05) is 0 Å². The Morgan fingerprint density at radius 2 is 0.812 bits per heavy atom. The van der Waals surface area contributed by atoms with E-state index in [-0.39, 0.29) is 11.8 Å². The van der Waals surface area contributed by atoms with Gasteiger partial charge < -0.3 is 5.32 Å². The van der Waals surface area contributed by atoms with Crippen LogP contribution in [0.1, 0.15) is 316 Å². The SMILES string of the molecule is CCCCC(CCC1CCCCCC2CC3CCCC4CCCC(NC(=O)CCl)CCCC4CC3CCCC2CC1CCCC)CC1CCCC2CCCC3CCCCCCCC3CCC2CCC1. The highest BCUT2D eigenvalue weighted by Crippen LogP contribution is 2.50. The minimum Gasteiger partial charge on any atom is -0.352 e. The molecular formula is C66H118ClNO. The van der Waals surface area contributed by atoms with E-state index in [0.29, 0.717) is 6.04 Å². The molecule has 0 saturated heterocycles. The standard InChI is InChI=1S/C66H118ClNO/c1-3-5-22-52(46-51-23-15-30-54-33-17-32-53-26-11-8-7-9-12-27-56(53)44-45-57(54)31-16-24-51)42-43-58-28-13-10-14-29-61-49-64-36-18-34-55-35-20-40-65(68-66(69)50-67)41-21-39-60(55)48-63(64)38-19-37-62(61)47-59(58)25-6-4-2/h51-65H,3-50H2,1-2H3,(H,68,69). The average Bonchev–Trinajstić information content (AvgIpc) is 3.60. The normalized spacial score (nSPS) is 38.2. The Hall–Kier alpha value is -0.240. The zero-order valence-electron chi connectivity index (χ0n) is 46.4. The van der Waals surface area contributed by atoms with Gasteiger partial charge in [-0.1, -0.05) is 258 Å². The summed E-state index contributed by atoms with van der Waals surface area (Å²) in [4.78, 5) is 12.2. The molecule has 1 N–H and O–H groups in total. The van der Waals surface area contributed by atoms with Gasteiger partial charge in [-0.05, 0) is 141 Å². The van der Waals surface area contributed by atoms with Crippen LogP contribution in [-0.2, 0) is 4.79 Å². The first-order valence-corrected chi connectivity index (χ1v) is 33.4. The summed E-state index contributed by atoms with van der Waals surface area (Å²) < 4.78 is 0. The lowest BCUT2D eigenvalue weighted by atomic mass is 9.62. The van der Waals surface area contributed by atoms with E-state index >= 15 is 0 Å². The highest BCUT2D eigenvalue weighted by atomic mass is 35.5. The molecule has 15 atom stereocenters. The molecule has 7 saturated carbocycles. The first-order chi connectivity index (χ1) is 34.0. The molecule has 0 spiro atoms. The highest BCUT2D eigenvalue weighted by Gasteiger charge is 2.38. The quantitative estimate of drug-likeness (QED) is 0.183. The van der Waals surface area contributed by atoms with Crippen LogP contribution >= 0.6 is 11.6 Å². The Balaban J connectivity index is 0.942. The van der Waals surface area contributed by atoms with Gasteiger partial charge in [-0.3, -0.25) is 4.79 Å². The number of unbranched alkanes of at least 4 members (excludes halogenated alkanes) is 2. The lowest BCUT2D eigenvalue weighted by Crippen LogP contribution is -2.35. The van der Waals surface area contributed by atoms with Crippen molar-refractivity contribution in [3.8, 4) is 0 Å². The average molecular weight is 977 g/mol. The van der Waals surface area contributed by atoms with E-state index in [0.717, 1.165) is 95.7 Å². The van der Waals surface area contributed by atoms with Gasteiger partial charge in [-0.2, -0.15) is 0 Å². The molecule has 0 aromatic heterocycles. The van der Waals surface area contributed by atoms with Gasteiger partial charge in [0.05, 0.1) is 0 Å². The van der Waals surface area contributed by atoms with Crippen LogP contribution in [-0.4, -0.2) is 17.8 Å². The summed E-state index contributed by atoms with van der Waals surface area (Å²) in [5.74, 6) is 14.1. The monoisotopic (exact) mass is 976 g/mol. The van der Waals surface area contributed by atoms with Crippen LogP contribution < -0.4 is 5.32 Å². The number of halogens is 1. The predicted octanol–water partition coefficient (Wildman–Crippen LogP) is 20.8. The molecule has 7 aliphatic rings. The second kappa shape index (κ2) is 32.3. The van der Waals surface area contributed by atoms with Crippen molar-refractivity contribution in [3.63, 3.8) is 0 Å². The summed E-state index contributed by atoms with van der Waals surface area (Å²) in [6, 6.07) is 0.343. The van der Waals surface area contributed by atoms with Gasteiger partial charge in [0.1, 0.15) is 5.88 Å². The third kappa shape index (κ3) is 19.1. The summed E-state index contributed by atoms with van der Waals surface area (Å²) >= 11 is 5.91. The first-order valence-electron chi connectivity index (χ1n) is 32.8. The number of hydrogen-bond donors (Lipinski definition) is 1. The third-order valence-corrected chi connectivity index (χ3v) is 22.8. The Morgan fingerprint density at radius 3 is 1.36 bits per heavy atom. The van der Waals surface area contributed by atoms with Crippen molar-refractivity contribution in [1.29, 1.82) is 0 Å². The summed E-state index contributed by atoms with van der Waals surface area (Å²) in [6.45, 7) is 4.95. The van der Waals surface area contributed by atoms with E-state index in [1.165, 1.54) is 154 Å². The molecule has 7 fully saturated rings. The first kappa shape index (κ1) is 56.5.